The van der Waals surface area contributed by atoms with Gasteiger partial charge in [0.05, 0.1) is 0 Å². The monoisotopic (exact) mass is 411 g/mol. The molecule has 0 fully saturated rings. The molecule has 0 radical (unpaired) electrons. The summed E-state index contributed by atoms with van der Waals surface area (Å²) in [5.74, 6) is 0.970. The Morgan fingerprint density at radius 1 is 0.900 bits per heavy atom. The molecule has 0 amide bonds. The van der Waals surface area contributed by atoms with Gasteiger partial charge < -0.3 is 4.98 Å². The van der Waals surface area contributed by atoms with Gasteiger partial charge in [0.2, 0.25) is 0 Å². The third-order valence-corrected chi connectivity index (χ3v) is 2.35. The first-order chi connectivity index (χ1) is 8.61. The van der Waals surface area contributed by atoms with Crippen molar-refractivity contribution in [2.75, 3.05) is 0 Å². The van der Waals surface area contributed by atoms with Crippen molar-refractivity contribution in [2.45, 2.75) is 39.5 Å². The van der Waals surface area contributed by atoms with Gasteiger partial charge in [-0.1, -0.05) is 57.1 Å². The summed E-state index contributed by atoms with van der Waals surface area (Å²) in [7, 11) is 0. The molecule has 0 aliphatic heterocycles. The number of hydrogen-bond acceptors (Lipinski definition) is 3. The van der Waals surface area contributed by atoms with Crippen LogP contribution in [-0.2, 0) is 0 Å². The second-order valence-electron chi connectivity index (χ2n) is 4.57. The van der Waals surface area contributed by atoms with E-state index in [9.17, 15) is 0 Å². The SMILES string of the molecule is CC(C)c1c[c-]ccn1.CC(C)c1c[c-]cnn1.[Rb+].[Rb+]. The minimum Gasteiger partial charge on any atom is -0.387 e. The number of pyridine rings is 1. The van der Waals surface area contributed by atoms with Crippen LogP contribution in [0.4, 0.5) is 0 Å². The molecule has 0 unspecified atom stereocenters. The Bertz CT molecular complexity index is 390. The second kappa shape index (κ2) is 14.4. The topological polar surface area (TPSA) is 38.7 Å². The summed E-state index contributed by atoms with van der Waals surface area (Å²) in [5.41, 5.74) is 2.11. The van der Waals surface area contributed by atoms with E-state index in [2.05, 4.69) is 55.0 Å². The van der Waals surface area contributed by atoms with Gasteiger partial charge >= 0.3 is 116 Å². The molecule has 2 aromatic heterocycles. The normalized spacial score (nSPS) is 9.10. The summed E-state index contributed by atoms with van der Waals surface area (Å²) in [5, 5.41) is 7.60. The van der Waals surface area contributed by atoms with E-state index in [0.717, 1.165) is 11.4 Å². The van der Waals surface area contributed by atoms with Crippen molar-refractivity contribution in [3.63, 3.8) is 0 Å². The molecule has 0 spiro atoms. The quantitative estimate of drug-likeness (QED) is 0.509. The van der Waals surface area contributed by atoms with Crippen molar-refractivity contribution < 1.29 is 116 Å². The van der Waals surface area contributed by atoms with Crippen molar-refractivity contribution in [3.8, 4) is 0 Å². The molecule has 0 saturated carbocycles. The molecule has 0 aliphatic rings. The summed E-state index contributed by atoms with van der Waals surface area (Å²) < 4.78 is 0. The molecule has 3 nitrogen and oxygen atoms in total. The van der Waals surface area contributed by atoms with Gasteiger partial charge in [-0.2, -0.15) is 23.3 Å². The Morgan fingerprint density at radius 2 is 1.50 bits per heavy atom. The third-order valence-electron chi connectivity index (χ3n) is 2.35. The second-order valence-corrected chi connectivity index (χ2v) is 4.57. The summed E-state index contributed by atoms with van der Waals surface area (Å²) in [6.45, 7) is 8.40. The maximum atomic E-state index is 4.15. The Morgan fingerprint density at radius 3 is 1.80 bits per heavy atom. The fourth-order valence-electron chi connectivity index (χ4n) is 1.22. The minimum absolute atomic E-state index is 0. The first-order valence-electron chi connectivity index (χ1n) is 6.12. The summed E-state index contributed by atoms with van der Waals surface area (Å²) in [6.07, 6.45) is 3.33. The predicted molar refractivity (Wildman–Crippen MR) is 72.1 cm³/mol. The summed E-state index contributed by atoms with van der Waals surface area (Å²) in [6, 6.07) is 11.4. The van der Waals surface area contributed by atoms with E-state index in [0.29, 0.717) is 11.8 Å². The van der Waals surface area contributed by atoms with E-state index < -0.39 is 0 Å². The van der Waals surface area contributed by atoms with Crippen LogP contribution in [0.25, 0.3) is 0 Å². The number of aromatic nitrogens is 3. The van der Waals surface area contributed by atoms with Crippen LogP contribution in [0.5, 0.6) is 0 Å². The Kier molecular flexibility index (Phi) is 17.4. The molecule has 0 aliphatic carbocycles. The zero-order valence-electron chi connectivity index (χ0n) is 13.4. The van der Waals surface area contributed by atoms with Crippen molar-refractivity contribution in [1.29, 1.82) is 0 Å². The molecule has 0 saturated heterocycles. The van der Waals surface area contributed by atoms with Crippen LogP contribution in [0.2, 0.25) is 0 Å². The van der Waals surface area contributed by atoms with Crippen molar-refractivity contribution in [3.05, 3.63) is 54.1 Å². The first kappa shape index (κ1) is 24.1. The van der Waals surface area contributed by atoms with Gasteiger partial charge in [-0.25, -0.2) is 12.1 Å². The molecule has 5 heteroatoms. The van der Waals surface area contributed by atoms with Gasteiger partial charge in [-0.15, -0.1) is 0 Å². The molecule has 20 heavy (non-hydrogen) atoms. The fraction of sp³-hybridized carbons (Fsp3) is 0.400. The molecular formula is C15H19N3Rb2. The summed E-state index contributed by atoms with van der Waals surface area (Å²) in [4.78, 5) is 4.15. The summed E-state index contributed by atoms with van der Waals surface area (Å²) >= 11 is 0. The molecule has 0 N–H and O–H groups in total. The van der Waals surface area contributed by atoms with E-state index >= 15 is 0 Å². The Balaban J connectivity index is 0. The fourth-order valence-corrected chi connectivity index (χ4v) is 1.22. The molecule has 2 aromatic rings. The predicted octanol–water partition coefficient (Wildman–Crippen LogP) is -2.59. The number of nitrogens with zero attached hydrogens (tertiary/aromatic N) is 3. The maximum Gasteiger partial charge on any atom is 1.00 e. The third kappa shape index (κ3) is 10.5. The van der Waals surface area contributed by atoms with E-state index in [1.807, 2.05) is 18.2 Å². The van der Waals surface area contributed by atoms with Crippen molar-refractivity contribution in [1.82, 2.24) is 15.2 Å². The molecule has 0 bridgehead atoms. The maximum absolute atomic E-state index is 4.15. The van der Waals surface area contributed by atoms with E-state index in [4.69, 9.17) is 0 Å². The van der Waals surface area contributed by atoms with Crippen LogP contribution in [0.15, 0.2) is 30.6 Å². The van der Waals surface area contributed by atoms with E-state index in [1.165, 1.54) is 0 Å². The minimum atomic E-state index is 0. The van der Waals surface area contributed by atoms with E-state index in [1.54, 1.807) is 12.4 Å². The van der Waals surface area contributed by atoms with Crippen LogP contribution in [0.3, 0.4) is 0 Å². The van der Waals surface area contributed by atoms with Gasteiger partial charge in [0.15, 0.2) is 0 Å². The standard InChI is InChI=1S/C8H10N.C7H9N2.2Rb/c1-7(2)8-5-3-4-6-9-8;1-6(2)7-4-3-5-8-9-7;;/h4-7H,1-2H3;4-6H,1-2H3;;/q2*-1;2*+1. The van der Waals surface area contributed by atoms with Gasteiger partial charge in [0.25, 0.3) is 0 Å². The number of rotatable bonds is 2. The molecular weight excluding hydrogens is 393 g/mol. The molecule has 96 valence electrons. The average molecular weight is 412 g/mol. The molecule has 0 atom stereocenters. The van der Waals surface area contributed by atoms with Crippen LogP contribution in [0.1, 0.15) is 50.9 Å². The smallest absolute Gasteiger partial charge is 0.387 e. The van der Waals surface area contributed by atoms with Gasteiger partial charge in [-0.05, 0) is 6.20 Å². The van der Waals surface area contributed by atoms with E-state index in [-0.39, 0.29) is 116 Å². The van der Waals surface area contributed by atoms with Crippen molar-refractivity contribution >= 4 is 0 Å². The van der Waals surface area contributed by atoms with Crippen LogP contribution >= 0.6 is 0 Å². The average Bonchev–Trinajstić information content (AvgIpc) is 2.41. The Labute approximate surface area is 220 Å². The van der Waals surface area contributed by atoms with Crippen LogP contribution in [-0.4, -0.2) is 15.2 Å². The molecule has 2 heterocycles. The van der Waals surface area contributed by atoms with Crippen LogP contribution in [0, 0.1) is 12.1 Å². The van der Waals surface area contributed by atoms with Gasteiger partial charge in [-0.3, -0.25) is 5.10 Å². The Hall–Kier alpha value is 1.84. The zero-order chi connectivity index (χ0) is 13.4. The zero-order valence-corrected chi connectivity index (χ0v) is 23.2. The van der Waals surface area contributed by atoms with Gasteiger partial charge in [0, 0.05) is 0 Å². The molecule has 0 aromatic carbocycles. The van der Waals surface area contributed by atoms with Crippen molar-refractivity contribution in [2.24, 2.45) is 0 Å². The number of hydrogen-bond donors (Lipinski definition) is 0. The van der Waals surface area contributed by atoms with Crippen LogP contribution < -0.4 is 116 Å². The molecule has 2 rings (SSSR count). The largest absolute Gasteiger partial charge is 1.00 e. The van der Waals surface area contributed by atoms with Gasteiger partial charge in [0.1, 0.15) is 0 Å². The first-order valence-corrected chi connectivity index (χ1v) is 6.12.